The van der Waals surface area contributed by atoms with Crippen molar-refractivity contribution in [3.63, 3.8) is 0 Å². The van der Waals surface area contributed by atoms with E-state index in [1.807, 2.05) is 31.2 Å². The molecule has 3 aromatic rings. The molecule has 0 saturated carbocycles. The number of carbonyl (C=O) groups excluding carboxylic acids is 3. The van der Waals surface area contributed by atoms with Crippen molar-refractivity contribution in [3.8, 4) is 0 Å². The number of hydrogen-bond donors (Lipinski definition) is 3. The zero-order valence-corrected chi connectivity index (χ0v) is 13.6. The van der Waals surface area contributed by atoms with E-state index in [-0.39, 0.29) is 12.0 Å². The summed E-state index contributed by atoms with van der Waals surface area (Å²) < 4.78 is 0. The number of H-pyrrole nitrogens is 1. The molecule has 1 aromatic heterocycles. The van der Waals surface area contributed by atoms with E-state index in [1.165, 1.54) is 0 Å². The number of aromatic nitrogens is 1. The number of carbonyl (C=O) groups is 3. The maximum absolute atomic E-state index is 12.0. The molecule has 1 heterocycles. The van der Waals surface area contributed by atoms with Crippen LogP contribution in [0.3, 0.4) is 0 Å². The van der Waals surface area contributed by atoms with Gasteiger partial charge in [0, 0.05) is 22.7 Å². The van der Waals surface area contributed by atoms with Crippen molar-refractivity contribution in [2.24, 2.45) is 0 Å². The smallest absolute Gasteiger partial charge is 0.310 e. The minimum absolute atomic E-state index is 0.0863. The average molecular weight is 335 g/mol. The lowest BCUT2D eigenvalue weighted by Gasteiger charge is -2.06. The lowest BCUT2D eigenvalue weighted by molar-refractivity contribution is -0.126. The van der Waals surface area contributed by atoms with E-state index in [0.29, 0.717) is 0 Å². The molecular weight excluding hydrogens is 318 g/mol. The number of rotatable bonds is 4. The highest BCUT2D eigenvalue weighted by atomic mass is 16.2. The number of fused-ring (bicyclic) bond motifs is 1. The Kier molecular flexibility index (Phi) is 4.61. The fourth-order valence-electron chi connectivity index (χ4n) is 2.51. The SMILES string of the molecule is Cc1ccc(C(=O)C(=O)NNC(=O)Cc2c[nH]c3ccccc23)cc1. The first-order valence-electron chi connectivity index (χ1n) is 7.80. The second-order valence-corrected chi connectivity index (χ2v) is 5.73. The predicted molar refractivity (Wildman–Crippen MR) is 93.8 cm³/mol. The van der Waals surface area contributed by atoms with Gasteiger partial charge in [-0.15, -0.1) is 0 Å². The number of nitrogens with one attached hydrogen (secondary N) is 3. The fourth-order valence-corrected chi connectivity index (χ4v) is 2.51. The second kappa shape index (κ2) is 7.00. The quantitative estimate of drug-likeness (QED) is 0.387. The second-order valence-electron chi connectivity index (χ2n) is 5.73. The van der Waals surface area contributed by atoms with E-state index in [9.17, 15) is 14.4 Å². The summed E-state index contributed by atoms with van der Waals surface area (Å²) >= 11 is 0. The molecular formula is C19H17N3O3. The summed E-state index contributed by atoms with van der Waals surface area (Å²) in [5.74, 6) is -1.99. The molecule has 3 N–H and O–H groups in total. The van der Waals surface area contributed by atoms with Crippen molar-refractivity contribution in [2.75, 3.05) is 0 Å². The molecule has 0 fully saturated rings. The first kappa shape index (κ1) is 16.4. The Balaban J connectivity index is 1.57. The summed E-state index contributed by atoms with van der Waals surface area (Å²) in [6, 6.07) is 14.3. The number of aromatic amines is 1. The molecule has 126 valence electrons. The Bertz CT molecular complexity index is 942. The predicted octanol–water partition coefficient (Wildman–Crippen LogP) is 2.05. The molecule has 3 rings (SSSR count). The number of aryl methyl sites for hydroxylation is 1. The van der Waals surface area contributed by atoms with Crippen LogP contribution in [0.15, 0.2) is 54.7 Å². The van der Waals surface area contributed by atoms with Gasteiger partial charge in [0.25, 0.3) is 5.78 Å². The number of benzene rings is 2. The van der Waals surface area contributed by atoms with E-state index in [2.05, 4.69) is 15.8 Å². The minimum atomic E-state index is -0.879. The van der Waals surface area contributed by atoms with Crippen LogP contribution in [0.25, 0.3) is 10.9 Å². The lowest BCUT2D eigenvalue weighted by Crippen LogP contribution is -2.45. The molecule has 0 aliphatic rings. The van der Waals surface area contributed by atoms with E-state index in [0.717, 1.165) is 22.0 Å². The molecule has 0 aliphatic heterocycles. The molecule has 2 aromatic carbocycles. The molecule has 2 amide bonds. The van der Waals surface area contributed by atoms with E-state index >= 15 is 0 Å². The van der Waals surface area contributed by atoms with E-state index in [1.54, 1.807) is 30.5 Å². The normalized spacial score (nSPS) is 10.4. The summed E-state index contributed by atoms with van der Waals surface area (Å²) in [6.45, 7) is 1.89. The van der Waals surface area contributed by atoms with Crippen molar-refractivity contribution in [1.29, 1.82) is 0 Å². The number of ketones is 1. The van der Waals surface area contributed by atoms with Crippen LogP contribution in [0.1, 0.15) is 21.5 Å². The molecule has 0 saturated heterocycles. The monoisotopic (exact) mass is 335 g/mol. The molecule has 25 heavy (non-hydrogen) atoms. The number of hydrogen-bond acceptors (Lipinski definition) is 3. The number of Topliss-reactive ketones (excluding diaryl/α,β-unsaturated/α-hetero) is 1. The first-order valence-corrected chi connectivity index (χ1v) is 7.80. The third-order valence-corrected chi connectivity index (χ3v) is 3.86. The van der Waals surface area contributed by atoms with Crippen LogP contribution in [0.4, 0.5) is 0 Å². The third kappa shape index (κ3) is 3.74. The summed E-state index contributed by atoms with van der Waals surface area (Å²) in [4.78, 5) is 39.0. The van der Waals surface area contributed by atoms with Crippen LogP contribution in [-0.4, -0.2) is 22.6 Å². The molecule has 0 bridgehead atoms. The summed E-state index contributed by atoms with van der Waals surface area (Å²) in [5, 5.41) is 0.944. The highest BCUT2D eigenvalue weighted by Crippen LogP contribution is 2.17. The largest absolute Gasteiger partial charge is 0.361 e. The molecule has 0 unspecified atom stereocenters. The standard InChI is InChI=1S/C19H17N3O3/c1-12-6-8-13(9-7-12)18(24)19(25)22-21-17(23)10-14-11-20-16-5-3-2-4-15(14)16/h2-9,11,20H,10H2,1H3,(H,21,23)(H,22,25). The van der Waals surface area contributed by atoms with Crippen LogP contribution in [0.5, 0.6) is 0 Å². The number of para-hydroxylation sites is 1. The molecule has 0 aliphatic carbocycles. The number of hydrazine groups is 1. The van der Waals surface area contributed by atoms with Crippen LogP contribution in [0.2, 0.25) is 0 Å². The molecule has 0 spiro atoms. The van der Waals surface area contributed by atoms with Crippen molar-refractivity contribution in [2.45, 2.75) is 13.3 Å². The van der Waals surface area contributed by atoms with Crippen molar-refractivity contribution in [3.05, 3.63) is 71.4 Å². The van der Waals surface area contributed by atoms with Gasteiger partial charge in [-0.1, -0.05) is 48.0 Å². The molecule has 0 atom stereocenters. The Labute approximate surface area is 144 Å². The summed E-state index contributed by atoms with van der Waals surface area (Å²) in [5.41, 5.74) is 7.44. The van der Waals surface area contributed by atoms with Gasteiger partial charge >= 0.3 is 5.91 Å². The fraction of sp³-hybridized carbons (Fsp3) is 0.105. The highest BCUT2D eigenvalue weighted by molar-refractivity contribution is 6.42. The number of amides is 2. The van der Waals surface area contributed by atoms with Gasteiger partial charge in [0.15, 0.2) is 0 Å². The zero-order valence-electron chi connectivity index (χ0n) is 13.6. The minimum Gasteiger partial charge on any atom is -0.361 e. The Morgan fingerprint density at radius 2 is 1.68 bits per heavy atom. The van der Waals surface area contributed by atoms with E-state index < -0.39 is 17.6 Å². The maximum Gasteiger partial charge on any atom is 0.310 e. The topological polar surface area (TPSA) is 91.1 Å². The van der Waals surface area contributed by atoms with Gasteiger partial charge in [-0.25, -0.2) is 0 Å². The van der Waals surface area contributed by atoms with Crippen LogP contribution in [0, 0.1) is 6.92 Å². The van der Waals surface area contributed by atoms with Crippen LogP contribution in [-0.2, 0) is 16.0 Å². The van der Waals surface area contributed by atoms with Crippen molar-refractivity contribution in [1.82, 2.24) is 15.8 Å². The molecule has 6 nitrogen and oxygen atoms in total. The third-order valence-electron chi connectivity index (χ3n) is 3.86. The van der Waals surface area contributed by atoms with Gasteiger partial charge in [0.1, 0.15) is 0 Å². The highest BCUT2D eigenvalue weighted by Gasteiger charge is 2.17. The van der Waals surface area contributed by atoms with Gasteiger partial charge in [-0.2, -0.15) is 0 Å². The lowest BCUT2D eigenvalue weighted by atomic mass is 10.1. The Morgan fingerprint density at radius 1 is 0.960 bits per heavy atom. The van der Waals surface area contributed by atoms with Crippen LogP contribution < -0.4 is 10.9 Å². The van der Waals surface area contributed by atoms with Gasteiger partial charge in [-0.3, -0.25) is 25.2 Å². The van der Waals surface area contributed by atoms with Crippen molar-refractivity contribution >= 4 is 28.5 Å². The van der Waals surface area contributed by atoms with Gasteiger partial charge < -0.3 is 4.98 Å². The summed E-state index contributed by atoms with van der Waals surface area (Å²) in [6.07, 6.45) is 1.84. The Hall–Kier alpha value is -3.41. The van der Waals surface area contributed by atoms with Gasteiger partial charge in [0.05, 0.1) is 6.42 Å². The summed E-state index contributed by atoms with van der Waals surface area (Å²) in [7, 11) is 0. The average Bonchev–Trinajstić information content (AvgIpc) is 3.03. The zero-order chi connectivity index (χ0) is 17.8. The molecule has 0 radical (unpaired) electrons. The molecule has 6 heteroatoms. The maximum atomic E-state index is 12.0. The first-order chi connectivity index (χ1) is 12.0. The van der Waals surface area contributed by atoms with Gasteiger partial charge in [-0.05, 0) is 18.6 Å². The van der Waals surface area contributed by atoms with Crippen molar-refractivity contribution < 1.29 is 14.4 Å². The Morgan fingerprint density at radius 3 is 2.44 bits per heavy atom. The van der Waals surface area contributed by atoms with Crippen LogP contribution >= 0.6 is 0 Å². The van der Waals surface area contributed by atoms with E-state index in [4.69, 9.17) is 0 Å². The van der Waals surface area contributed by atoms with Gasteiger partial charge in [0.2, 0.25) is 5.91 Å².